The van der Waals surface area contributed by atoms with Gasteiger partial charge in [0, 0.05) is 24.2 Å². The zero-order valence-corrected chi connectivity index (χ0v) is 19.6. The lowest BCUT2D eigenvalue weighted by Crippen LogP contribution is -2.40. The lowest BCUT2D eigenvalue weighted by Gasteiger charge is -2.27. The Balaban J connectivity index is 1.72. The number of rotatable bonds is 5. The lowest BCUT2D eigenvalue weighted by atomic mass is 10.0. The van der Waals surface area contributed by atoms with Crippen LogP contribution in [0, 0.1) is 6.92 Å². The molecule has 1 saturated heterocycles. The van der Waals surface area contributed by atoms with Gasteiger partial charge in [-0.25, -0.2) is 9.97 Å². The monoisotopic (exact) mass is 489 g/mol. The molecule has 1 unspecified atom stereocenters. The highest BCUT2D eigenvalue weighted by molar-refractivity contribution is 6.02. The molecule has 1 aromatic heterocycles. The van der Waals surface area contributed by atoms with Crippen LogP contribution in [0.4, 0.5) is 24.7 Å². The molecule has 0 radical (unpaired) electrons. The predicted octanol–water partition coefficient (Wildman–Crippen LogP) is 4.19. The fourth-order valence-corrected chi connectivity index (χ4v) is 4.03. The van der Waals surface area contributed by atoms with Crippen LogP contribution in [0.15, 0.2) is 30.3 Å². The van der Waals surface area contributed by atoms with E-state index in [-0.39, 0.29) is 11.6 Å². The summed E-state index contributed by atoms with van der Waals surface area (Å²) in [7, 11) is 1.47. The molecule has 4 rings (SSSR count). The second kappa shape index (κ2) is 9.57. The first-order valence-corrected chi connectivity index (χ1v) is 11.0. The fraction of sp³-hybridized carbons (Fsp3) is 0.375. The highest BCUT2D eigenvalue weighted by atomic mass is 19.4. The molecule has 11 heteroatoms. The van der Waals surface area contributed by atoms with Crippen molar-refractivity contribution in [3.8, 4) is 5.75 Å². The summed E-state index contributed by atoms with van der Waals surface area (Å²) in [4.78, 5) is 23.7. The van der Waals surface area contributed by atoms with Crippen LogP contribution in [-0.4, -0.2) is 54.2 Å². The Hall–Kier alpha value is -3.60. The van der Waals surface area contributed by atoms with Gasteiger partial charge in [0.05, 0.1) is 43.0 Å². The molecule has 1 aliphatic rings. The minimum absolute atomic E-state index is 0.0140. The van der Waals surface area contributed by atoms with Gasteiger partial charge < -0.3 is 25.4 Å². The maximum Gasteiger partial charge on any atom is 0.416 e. The van der Waals surface area contributed by atoms with E-state index >= 15 is 0 Å². The number of hydrogen-bond acceptors (Lipinski definition) is 7. The zero-order valence-electron chi connectivity index (χ0n) is 19.6. The molecule has 35 heavy (non-hydrogen) atoms. The first-order valence-electron chi connectivity index (χ1n) is 11.0. The standard InChI is InChI=1S/C24H26F3N5O3/c1-13(15-8-16(24(25,26)27)10-17(28)9-15)29-22-18-12-21(34-3)19(11-20(18)30-14(2)31-22)23(33)32-4-6-35-7-5-32/h8-13H,4-7,28H2,1-3H3,(H,29,30,31). The topological polar surface area (TPSA) is 103 Å². The summed E-state index contributed by atoms with van der Waals surface area (Å²) >= 11 is 0. The number of hydrogen-bond donors (Lipinski definition) is 2. The third-order valence-corrected chi connectivity index (χ3v) is 5.82. The van der Waals surface area contributed by atoms with Crippen LogP contribution in [0.1, 0.15) is 40.3 Å². The molecular formula is C24H26F3N5O3. The maximum absolute atomic E-state index is 13.3. The summed E-state index contributed by atoms with van der Waals surface area (Å²) in [5.41, 5.74) is 6.15. The number of aryl methyl sites for hydroxylation is 1. The van der Waals surface area contributed by atoms with E-state index in [1.807, 2.05) is 0 Å². The first kappa shape index (κ1) is 24.5. The lowest BCUT2D eigenvalue weighted by molar-refractivity contribution is -0.137. The van der Waals surface area contributed by atoms with Crippen LogP contribution < -0.4 is 15.8 Å². The number of carbonyl (C=O) groups excluding carboxylic acids is 1. The number of nitrogen functional groups attached to an aromatic ring is 1. The van der Waals surface area contributed by atoms with Crippen LogP contribution in [0.25, 0.3) is 10.9 Å². The summed E-state index contributed by atoms with van der Waals surface area (Å²) in [6, 6.07) is 6.21. The first-order chi connectivity index (χ1) is 16.6. The predicted molar refractivity (Wildman–Crippen MR) is 125 cm³/mol. The smallest absolute Gasteiger partial charge is 0.416 e. The van der Waals surface area contributed by atoms with Gasteiger partial charge in [0.15, 0.2) is 0 Å². The number of morpholine rings is 1. The molecule has 2 aromatic carbocycles. The van der Waals surface area contributed by atoms with E-state index in [0.717, 1.165) is 12.1 Å². The zero-order chi connectivity index (χ0) is 25.3. The Morgan fingerprint density at radius 3 is 2.54 bits per heavy atom. The molecule has 1 aliphatic heterocycles. The molecule has 8 nitrogen and oxygen atoms in total. The van der Waals surface area contributed by atoms with E-state index in [4.69, 9.17) is 15.2 Å². The largest absolute Gasteiger partial charge is 0.496 e. The summed E-state index contributed by atoms with van der Waals surface area (Å²) in [6.45, 7) is 5.31. The number of ether oxygens (including phenoxy) is 2. The molecule has 3 aromatic rings. The van der Waals surface area contributed by atoms with Gasteiger partial charge in [-0.1, -0.05) is 0 Å². The fourth-order valence-electron chi connectivity index (χ4n) is 4.03. The number of alkyl halides is 3. The molecule has 1 amide bonds. The minimum atomic E-state index is -4.52. The van der Waals surface area contributed by atoms with Crippen molar-refractivity contribution in [1.29, 1.82) is 0 Å². The number of nitrogens with zero attached hydrogens (tertiary/aromatic N) is 3. The molecule has 3 N–H and O–H groups in total. The number of carbonyl (C=O) groups is 1. The van der Waals surface area contributed by atoms with Crippen LogP contribution in [0.5, 0.6) is 5.75 Å². The van der Waals surface area contributed by atoms with E-state index in [9.17, 15) is 18.0 Å². The third-order valence-electron chi connectivity index (χ3n) is 5.82. The SMILES string of the molecule is COc1cc2c(NC(C)c3cc(N)cc(C(F)(F)F)c3)nc(C)nc2cc1C(=O)N1CCOCC1. The van der Waals surface area contributed by atoms with Gasteiger partial charge >= 0.3 is 6.18 Å². The van der Waals surface area contributed by atoms with Gasteiger partial charge in [0.2, 0.25) is 0 Å². The van der Waals surface area contributed by atoms with Crippen molar-refractivity contribution >= 4 is 28.3 Å². The molecule has 0 spiro atoms. The Morgan fingerprint density at radius 1 is 1.17 bits per heavy atom. The van der Waals surface area contributed by atoms with Gasteiger partial charge in [-0.15, -0.1) is 0 Å². The Morgan fingerprint density at radius 2 is 1.89 bits per heavy atom. The normalized spacial score (nSPS) is 15.2. The number of nitrogens with two attached hydrogens (primary N) is 1. The number of anilines is 2. The Labute approximate surface area is 200 Å². The van der Waals surface area contributed by atoms with Crippen molar-refractivity contribution in [3.63, 3.8) is 0 Å². The number of methoxy groups -OCH3 is 1. The molecule has 2 heterocycles. The molecule has 0 bridgehead atoms. The average molecular weight is 489 g/mol. The number of benzene rings is 2. The summed E-state index contributed by atoms with van der Waals surface area (Å²) < 4.78 is 50.6. The van der Waals surface area contributed by atoms with Crippen LogP contribution in [0.2, 0.25) is 0 Å². The highest BCUT2D eigenvalue weighted by Gasteiger charge is 2.31. The van der Waals surface area contributed by atoms with Crippen LogP contribution in [-0.2, 0) is 10.9 Å². The second-order valence-electron chi connectivity index (χ2n) is 8.35. The number of halogens is 3. The van der Waals surface area contributed by atoms with Gasteiger partial charge in [-0.05, 0) is 49.7 Å². The van der Waals surface area contributed by atoms with Gasteiger partial charge in [0.1, 0.15) is 17.4 Å². The van der Waals surface area contributed by atoms with E-state index in [0.29, 0.717) is 65.7 Å². The molecule has 1 atom stereocenters. The highest BCUT2D eigenvalue weighted by Crippen LogP contribution is 2.35. The third kappa shape index (κ3) is 5.24. The summed E-state index contributed by atoms with van der Waals surface area (Å²) in [6.07, 6.45) is -4.52. The quantitative estimate of drug-likeness (QED) is 0.518. The second-order valence-corrected chi connectivity index (χ2v) is 8.35. The summed E-state index contributed by atoms with van der Waals surface area (Å²) in [5.74, 6) is 0.997. The van der Waals surface area contributed by atoms with E-state index in [2.05, 4.69) is 15.3 Å². The Bertz CT molecular complexity index is 1260. The van der Waals surface area contributed by atoms with Crippen LogP contribution in [0.3, 0.4) is 0 Å². The van der Waals surface area contributed by atoms with E-state index < -0.39 is 17.8 Å². The molecule has 0 aliphatic carbocycles. The van der Waals surface area contributed by atoms with Crippen molar-refractivity contribution in [3.05, 3.63) is 52.8 Å². The van der Waals surface area contributed by atoms with Crippen molar-refractivity contribution in [2.24, 2.45) is 0 Å². The number of amides is 1. The number of nitrogens with one attached hydrogen (secondary N) is 1. The van der Waals surface area contributed by atoms with Gasteiger partial charge in [0.25, 0.3) is 5.91 Å². The number of aromatic nitrogens is 2. The van der Waals surface area contributed by atoms with E-state index in [1.165, 1.54) is 13.2 Å². The molecule has 0 saturated carbocycles. The molecular weight excluding hydrogens is 463 g/mol. The van der Waals surface area contributed by atoms with Gasteiger partial charge in [-0.3, -0.25) is 4.79 Å². The van der Waals surface area contributed by atoms with Crippen molar-refractivity contribution < 1.29 is 27.4 Å². The van der Waals surface area contributed by atoms with E-state index in [1.54, 1.807) is 30.9 Å². The van der Waals surface area contributed by atoms with Crippen molar-refractivity contribution in [2.75, 3.05) is 44.5 Å². The van der Waals surface area contributed by atoms with Crippen molar-refractivity contribution in [2.45, 2.75) is 26.1 Å². The summed E-state index contributed by atoms with van der Waals surface area (Å²) in [5, 5.41) is 3.74. The van der Waals surface area contributed by atoms with Crippen molar-refractivity contribution in [1.82, 2.24) is 14.9 Å². The maximum atomic E-state index is 13.3. The molecule has 186 valence electrons. The Kier molecular flexibility index (Phi) is 6.70. The minimum Gasteiger partial charge on any atom is -0.496 e. The van der Waals surface area contributed by atoms with Gasteiger partial charge in [-0.2, -0.15) is 13.2 Å². The molecule has 1 fully saturated rings. The number of fused-ring (bicyclic) bond motifs is 1. The van der Waals surface area contributed by atoms with Crippen LogP contribution >= 0.6 is 0 Å². The average Bonchev–Trinajstić information content (AvgIpc) is 2.82.